The molecule has 84 valence electrons. The van der Waals surface area contributed by atoms with Crippen molar-refractivity contribution in [2.45, 2.75) is 31.8 Å². The lowest BCUT2D eigenvalue weighted by atomic mass is 10.2. The number of rotatable bonds is 5. The second kappa shape index (κ2) is 4.95. The summed E-state index contributed by atoms with van der Waals surface area (Å²) in [7, 11) is 0. The lowest BCUT2D eigenvalue weighted by molar-refractivity contribution is 0.205. The van der Waals surface area contributed by atoms with E-state index < -0.39 is 0 Å². The van der Waals surface area contributed by atoms with Crippen molar-refractivity contribution < 1.29 is 0 Å². The molecule has 0 bridgehead atoms. The topological polar surface area (TPSA) is 29.3 Å². The van der Waals surface area contributed by atoms with Crippen LogP contribution in [-0.2, 0) is 0 Å². The first-order chi connectivity index (χ1) is 7.26. The summed E-state index contributed by atoms with van der Waals surface area (Å²) >= 11 is 5.31. The van der Waals surface area contributed by atoms with Gasteiger partial charge in [0, 0.05) is 27.3 Å². The molecule has 1 heterocycles. The summed E-state index contributed by atoms with van der Waals surface area (Å²) in [4.78, 5) is 3.93. The number of nitrogens with zero attached hydrogens (tertiary/aromatic N) is 1. The van der Waals surface area contributed by atoms with Gasteiger partial charge in [0.05, 0.1) is 6.04 Å². The summed E-state index contributed by atoms with van der Waals surface area (Å²) < 4.78 is 1.17. The maximum atomic E-state index is 5.91. The smallest absolute Gasteiger partial charge is 0.0567 e. The van der Waals surface area contributed by atoms with Gasteiger partial charge in [-0.15, -0.1) is 11.3 Å². The van der Waals surface area contributed by atoms with Crippen LogP contribution in [0.3, 0.4) is 0 Å². The SMILES string of the molecule is CCN(C1CC1)C(CN)c1cc(Br)cs1. The lowest BCUT2D eigenvalue weighted by Gasteiger charge is -2.28. The van der Waals surface area contributed by atoms with Crippen LogP contribution in [0.1, 0.15) is 30.7 Å². The van der Waals surface area contributed by atoms with Crippen LogP contribution < -0.4 is 5.73 Å². The Morgan fingerprint density at radius 1 is 1.67 bits per heavy atom. The molecular formula is C11H17BrN2S. The van der Waals surface area contributed by atoms with E-state index in [1.165, 1.54) is 22.2 Å². The molecule has 1 saturated carbocycles. The van der Waals surface area contributed by atoms with E-state index in [-0.39, 0.29) is 0 Å². The second-order valence-electron chi connectivity index (χ2n) is 3.98. The molecule has 15 heavy (non-hydrogen) atoms. The van der Waals surface area contributed by atoms with Crippen molar-refractivity contribution in [3.05, 3.63) is 20.8 Å². The monoisotopic (exact) mass is 288 g/mol. The fraction of sp³-hybridized carbons (Fsp3) is 0.636. The highest BCUT2D eigenvalue weighted by molar-refractivity contribution is 9.10. The summed E-state index contributed by atoms with van der Waals surface area (Å²) in [5.74, 6) is 0. The first-order valence-electron chi connectivity index (χ1n) is 5.46. The third kappa shape index (κ3) is 2.61. The molecule has 1 aromatic heterocycles. The molecular weight excluding hydrogens is 272 g/mol. The molecule has 0 saturated heterocycles. The minimum absolute atomic E-state index is 0.416. The van der Waals surface area contributed by atoms with Crippen LogP contribution in [0.4, 0.5) is 0 Å². The van der Waals surface area contributed by atoms with Crippen LogP contribution in [0.5, 0.6) is 0 Å². The molecule has 1 aliphatic rings. The maximum absolute atomic E-state index is 5.91. The third-order valence-electron chi connectivity index (χ3n) is 2.92. The molecule has 1 aromatic rings. The molecule has 0 amide bonds. The van der Waals surface area contributed by atoms with Gasteiger partial charge < -0.3 is 5.73 Å². The van der Waals surface area contributed by atoms with Crippen LogP contribution in [-0.4, -0.2) is 24.0 Å². The van der Waals surface area contributed by atoms with E-state index in [0.717, 1.165) is 19.1 Å². The van der Waals surface area contributed by atoms with E-state index in [1.807, 2.05) is 0 Å². The highest BCUT2D eigenvalue weighted by Crippen LogP contribution is 2.36. The van der Waals surface area contributed by atoms with Gasteiger partial charge in [0.1, 0.15) is 0 Å². The summed E-state index contributed by atoms with van der Waals surface area (Å²) in [5.41, 5.74) is 5.91. The van der Waals surface area contributed by atoms with Gasteiger partial charge in [0.2, 0.25) is 0 Å². The van der Waals surface area contributed by atoms with Crippen molar-refractivity contribution in [1.29, 1.82) is 0 Å². The molecule has 4 heteroatoms. The molecule has 1 aliphatic carbocycles. The summed E-state index contributed by atoms with van der Waals surface area (Å²) in [5, 5.41) is 2.14. The number of halogens is 1. The minimum Gasteiger partial charge on any atom is -0.329 e. The standard InChI is InChI=1S/C11H17BrN2S/c1-2-14(9-3-4-9)10(6-13)11-5-8(12)7-15-11/h5,7,9-10H,2-4,6,13H2,1H3. The van der Waals surface area contributed by atoms with Crippen molar-refractivity contribution in [3.63, 3.8) is 0 Å². The quantitative estimate of drug-likeness (QED) is 0.903. The molecule has 1 atom stereocenters. The van der Waals surface area contributed by atoms with Gasteiger partial charge in [-0.1, -0.05) is 6.92 Å². The van der Waals surface area contributed by atoms with Gasteiger partial charge in [0.15, 0.2) is 0 Å². The second-order valence-corrected chi connectivity index (χ2v) is 5.84. The van der Waals surface area contributed by atoms with E-state index in [2.05, 4.69) is 39.2 Å². The molecule has 1 fully saturated rings. The average Bonchev–Trinajstić information content (AvgIpc) is 2.98. The number of hydrogen-bond donors (Lipinski definition) is 1. The molecule has 0 aromatic carbocycles. The van der Waals surface area contributed by atoms with E-state index in [1.54, 1.807) is 11.3 Å². The third-order valence-corrected chi connectivity index (χ3v) is 4.72. The Morgan fingerprint density at radius 2 is 2.40 bits per heavy atom. The zero-order valence-electron chi connectivity index (χ0n) is 8.95. The predicted octanol–water partition coefficient (Wildman–Crippen LogP) is 2.99. The summed E-state index contributed by atoms with van der Waals surface area (Å²) in [6.45, 7) is 4.04. The molecule has 0 radical (unpaired) electrons. The average molecular weight is 289 g/mol. The largest absolute Gasteiger partial charge is 0.329 e. The van der Waals surface area contributed by atoms with E-state index in [0.29, 0.717) is 6.04 Å². The maximum Gasteiger partial charge on any atom is 0.0567 e. The molecule has 2 nitrogen and oxygen atoms in total. The van der Waals surface area contributed by atoms with E-state index in [4.69, 9.17) is 5.73 Å². The van der Waals surface area contributed by atoms with Crippen molar-refractivity contribution in [2.24, 2.45) is 5.73 Å². The first kappa shape index (κ1) is 11.6. The highest BCUT2D eigenvalue weighted by atomic mass is 79.9. The Hall–Kier alpha value is 0.1000. The van der Waals surface area contributed by atoms with Gasteiger partial charge >= 0.3 is 0 Å². The Bertz CT molecular complexity index is 322. The fourth-order valence-corrected chi connectivity index (χ4v) is 3.64. The van der Waals surface area contributed by atoms with Gasteiger partial charge in [-0.05, 0) is 41.4 Å². The van der Waals surface area contributed by atoms with Crippen LogP contribution in [0, 0.1) is 0 Å². The number of nitrogens with two attached hydrogens (primary N) is 1. The van der Waals surface area contributed by atoms with Crippen molar-refractivity contribution >= 4 is 27.3 Å². The van der Waals surface area contributed by atoms with Gasteiger partial charge in [-0.3, -0.25) is 4.90 Å². The molecule has 1 unspecified atom stereocenters. The summed E-state index contributed by atoms with van der Waals surface area (Å²) in [6.07, 6.45) is 2.69. The zero-order valence-corrected chi connectivity index (χ0v) is 11.4. The predicted molar refractivity (Wildman–Crippen MR) is 69.2 cm³/mol. The van der Waals surface area contributed by atoms with Crippen LogP contribution in [0.15, 0.2) is 15.9 Å². The van der Waals surface area contributed by atoms with Crippen LogP contribution >= 0.6 is 27.3 Å². The van der Waals surface area contributed by atoms with Crippen molar-refractivity contribution in [1.82, 2.24) is 4.90 Å². The molecule has 0 aliphatic heterocycles. The van der Waals surface area contributed by atoms with Gasteiger partial charge in [0.25, 0.3) is 0 Å². The molecule has 0 spiro atoms. The van der Waals surface area contributed by atoms with Crippen molar-refractivity contribution in [3.8, 4) is 0 Å². The normalized spacial score (nSPS) is 18.4. The van der Waals surface area contributed by atoms with Gasteiger partial charge in [-0.25, -0.2) is 0 Å². The zero-order chi connectivity index (χ0) is 10.8. The number of thiophene rings is 1. The van der Waals surface area contributed by atoms with E-state index in [9.17, 15) is 0 Å². The Kier molecular flexibility index (Phi) is 3.83. The summed E-state index contributed by atoms with van der Waals surface area (Å²) in [6, 6.07) is 3.40. The number of hydrogen-bond acceptors (Lipinski definition) is 3. The fourth-order valence-electron chi connectivity index (χ4n) is 2.06. The Balaban J connectivity index is 2.14. The van der Waals surface area contributed by atoms with Crippen molar-refractivity contribution in [2.75, 3.05) is 13.1 Å². The van der Waals surface area contributed by atoms with Crippen LogP contribution in [0.25, 0.3) is 0 Å². The minimum atomic E-state index is 0.416. The highest BCUT2D eigenvalue weighted by Gasteiger charge is 2.33. The number of likely N-dealkylation sites (N-methyl/N-ethyl adjacent to an activating group) is 1. The molecule has 2 N–H and O–H groups in total. The lowest BCUT2D eigenvalue weighted by Crippen LogP contribution is -2.34. The van der Waals surface area contributed by atoms with Gasteiger partial charge in [-0.2, -0.15) is 0 Å². The first-order valence-corrected chi connectivity index (χ1v) is 7.13. The van der Waals surface area contributed by atoms with E-state index >= 15 is 0 Å². The Labute approximate surface area is 104 Å². The van der Waals surface area contributed by atoms with Crippen LogP contribution in [0.2, 0.25) is 0 Å². The Morgan fingerprint density at radius 3 is 2.80 bits per heavy atom. The molecule has 2 rings (SSSR count).